The quantitative estimate of drug-likeness (QED) is 0.526. The highest BCUT2D eigenvalue weighted by Crippen LogP contribution is 2.29. The van der Waals surface area contributed by atoms with E-state index in [1.54, 1.807) is 10.9 Å². The molecule has 8 nitrogen and oxygen atoms in total. The van der Waals surface area contributed by atoms with Crippen LogP contribution in [-0.2, 0) is 16.1 Å². The molecule has 1 saturated heterocycles. The van der Waals surface area contributed by atoms with E-state index in [4.69, 9.17) is 16.3 Å². The monoisotopic (exact) mass is 459 g/mol. The van der Waals surface area contributed by atoms with Gasteiger partial charge < -0.3 is 10.1 Å². The summed E-state index contributed by atoms with van der Waals surface area (Å²) in [6.45, 7) is 1.27. The first kappa shape index (κ1) is 22.7. The highest BCUT2D eigenvalue weighted by Gasteiger charge is 2.39. The molecule has 32 heavy (non-hydrogen) atoms. The highest BCUT2D eigenvalue weighted by molar-refractivity contribution is 6.30. The van der Waals surface area contributed by atoms with Crippen molar-refractivity contribution in [3.05, 3.63) is 46.7 Å². The van der Waals surface area contributed by atoms with E-state index in [9.17, 15) is 9.59 Å². The Kier molecular flexibility index (Phi) is 7.42. The summed E-state index contributed by atoms with van der Waals surface area (Å²) in [6.07, 6.45) is 9.13. The van der Waals surface area contributed by atoms with Crippen LogP contribution >= 0.6 is 11.6 Å². The molecule has 1 amide bonds. The van der Waals surface area contributed by atoms with Crippen LogP contribution in [0.15, 0.2) is 30.5 Å². The van der Waals surface area contributed by atoms with Crippen LogP contribution in [0.25, 0.3) is 0 Å². The van der Waals surface area contributed by atoms with Crippen LogP contribution < -0.4 is 5.32 Å². The van der Waals surface area contributed by atoms with Gasteiger partial charge in [-0.15, -0.1) is 5.10 Å². The van der Waals surface area contributed by atoms with Gasteiger partial charge in [0.05, 0.1) is 25.4 Å². The maximum absolute atomic E-state index is 13.3. The minimum atomic E-state index is -0.519. The Balaban J connectivity index is 1.50. The molecular weight excluding hydrogens is 430 g/mol. The summed E-state index contributed by atoms with van der Waals surface area (Å²) in [5.74, 6) is -0.448. The molecule has 1 aromatic carbocycles. The van der Waals surface area contributed by atoms with Gasteiger partial charge in [-0.3, -0.25) is 9.69 Å². The van der Waals surface area contributed by atoms with Crippen molar-refractivity contribution in [3.8, 4) is 0 Å². The van der Waals surface area contributed by atoms with Gasteiger partial charge in [-0.1, -0.05) is 54.6 Å². The van der Waals surface area contributed by atoms with Crippen LogP contribution in [0.3, 0.4) is 0 Å². The van der Waals surface area contributed by atoms with E-state index in [1.807, 2.05) is 24.3 Å². The maximum atomic E-state index is 13.3. The van der Waals surface area contributed by atoms with Crippen LogP contribution in [0.4, 0.5) is 0 Å². The molecule has 4 rings (SSSR count). The summed E-state index contributed by atoms with van der Waals surface area (Å²) in [5.41, 5.74) is 1.26. The van der Waals surface area contributed by atoms with Crippen LogP contribution in [0.5, 0.6) is 0 Å². The summed E-state index contributed by atoms with van der Waals surface area (Å²) in [7, 11) is 1.32. The number of aromatic nitrogens is 3. The molecule has 2 aliphatic rings. The predicted molar refractivity (Wildman–Crippen MR) is 120 cm³/mol. The minimum absolute atomic E-state index is 0.0573. The molecule has 1 N–H and O–H groups in total. The average Bonchev–Trinajstić information content (AvgIpc) is 3.37. The molecule has 2 fully saturated rings. The highest BCUT2D eigenvalue weighted by atomic mass is 35.5. The fraction of sp³-hybridized carbons (Fsp3) is 0.565. The molecule has 2 aromatic rings. The topological polar surface area (TPSA) is 89.4 Å². The van der Waals surface area contributed by atoms with Gasteiger partial charge in [0.15, 0.2) is 5.69 Å². The lowest BCUT2D eigenvalue weighted by Gasteiger charge is -2.26. The van der Waals surface area contributed by atoms with E-state index in [0.29, 0.717) is 24.5 Å². The zero-order valence-corrected chi connectivity index (χ0v) is 19.1. The molecule has 1 saturated carbocycles. The second-order valence-corrected chi connectivity index (χ2v) is 9.17. The number of ether oxygens (including phenoxy) is 1. The fourth-order valence-corrected chi connectivity index (χ4v) is 4.84. The number of esters is 1. The van der Waals surface area contributed by atoms with E-state index in [0.717, 1.165) is 18.4 Å². The summed E-state index contributed by atoms with van der Waals surface area (Å²) in [6, 6.07) is 7.62. The summed E-state index contributed by atoms with van der Waals surface area (Å²) >= 11 is 6.04. The molecular formula is C23H30ClN5O3. The number of rotatable bonds is 6. The number of amides is 1. The molecule has 9 heteroatoms. The third-order valence-electron chi connectivity index (χ3n) is 6.46. The molecule has 1 aromatic heterocycles. The molecule has 1 aliphatic carbocycles. The molecule has 172 valence electrons. The van der Waals surface area contributed by atoms with E-state index < -0.39 is 5.97 Å². The van der Waals surface area contributed by atoms with Gasteiger partial charge in [0.25, 0.3) is 0 Å². The van der Waals surface area contributed by atoms with Crippen molar-refractivity contribution < 1.29 is 14.3 Å². The molecule has 2 atom stereocenters. The smallest absolute Gasteiger partial charge is 0.360 e. The lowest BCUT2D eigenvalue weighted by molar-refractivity contribution is -0.126. The Hall–Kier alpha value is -2.45. The van der Waals surface area contributed by atoms with Crippen LogP contribution in [0.2, 0.25) is 5.02 Å². The second kappa shape index (κ2) is 10.4. The lowest BCUT2D eigenvalue weighted by Crippen LogP contribution is -2.46. The Morgan fingerprint density at radius 1 is 1.16 bits per heavy atom. The Morgan fingerprint density at radius 3 is 2.56 bits per heavy atom. The van der Waals surface area contributed by atoms with Crippen molar-refractivity contribution in [2.45, 2.75) is 69.6 Å². The SMILES string of the molecule is COC(=O)c1cn([C@H]2C[C@@H](C(=O)NC3CCCCCC3)N(Cc3ccc(Cl)cc3)C2)nn1. The molecule has 0 radical (unpaired) electrons. The number of halogens is 1. The fourth-order valence-electron chi connectivity index (χ4n) is 4.72. The number of benzene rings is 1. The van der Waals surface area contributed by atoms with E-state index in [2.05, 4.69) is 20.5 Å². The van der Waals surface area contributed by atoms with Crippen molar-refractivity contribution in [2.24, 2.45) is 0 Å². The van der Waals surface area contributed by atoms with Gasteiger partial charge >= 0.3 is 5.97 Å². The number of nitrogens with zero attached hydrogens (tertiary/aromatic N) is 4. The first-order valence-electron chi connectivity index (χ1n) is 11.3. The van der Waals surface area contributed by atoms with Crippen LogP contribution in [0, 0.1) is 0 Å². The van der Waals surface area contributed by atoms with Crippen molar-refractivity contribution >= 4 is 23.5 Å². The average molecular weight is 460 g/mol. The van der Waals surface area contributed by atoms with Gasteiger partial charge in [-0.25, -0.2) is 9.48 Å². The standard InChI is InChI=1S/C23H30ClN5O3/c1-32-23(31)20-15-29(27-26-20)19-12-21(22(30)25-18-6-4-2-3-5-7-18)28(14-19)13-16-8-10-17(24)11-9-16/h8-11,15,18-19,21H,2-7,12-14H2,1H3,(H,25,30)/t19-,21-/m0/s1. The number of nitrogens with one attached hydrogen (secondary N) is 1. The van der Waals surface area contributed by atoms with Crippen LogP contribution in [-0.4, -0.2) is 57.5 Å². The van der Waals surface area contributed by atoms with E-state index >= 15 is 0 Å². The Morgan fingerprint density at radius 2 is 1.88 bits per heavy atom. The van der Waals surface area contributed by atoms with E-state index in [-0.39, 0.29) is 29.7 Å². The Labute approximate surface area is 193 Å². The third-order valence-corrected chi connectivity index (χ3v) is 6.72. The maximum Gasteiger partial charge on any atom is 0.360 e. The minimum Gasteiger partial charge on any atom is -0.464 e. The molecule has 0 bridgehead atoms. The van der Waals surface area contributed by atoms with Crippen molar-refractivity contribution in [2.75, 3.05) is 13.7 Å². The van der Waals surface area contributed by atoms with Gasteiger partial charge in [-0.2, -0.15) is 0 Å². The van der Waals surface area contributed by atoms with Gasteiger partial charge in [0.2, 0.25) is 5.91 Å². The van der Waals surface area contributed by atoms with Crippen molar-refractivity contribution in [3.63, 3.8) is 0 Å². The number of hydrogen-bond acceptors (Lipinski definition) is 6. The lowest BCUT2D eigenvalue weighted by atomic mass is 10.1. The zero-order valence-electron chi connectivity index (χ0n) is 18.4. The number of carbonyl (C=O) groups is 2. The largest absolute Gasteiger partial charge is 0.464 e. The normalized spacial score (nSPS) is 22.4. The number of hydrogen-bond donors (Lipinski definition) is 1. The molecule has 0 spiro atoms. The van der Waals surface area contributed by atoms with Gasteiger partial charge in [0, 0.05) is 24.2 Å². The van der Waals surface area contributed by atoms with Gasteiger partial charge in [0.1, 0.15) is 0 Å². The van der Waals surface area contributed by atoms with Gasteiger partial charge in [-0.05, 0) is 37.0 Å². The summed E-state index contributed by atoms with van der Waals surface area (Å²) in [5, 5.41) is 12.1. The van der Waals surface area contributed by atoms with E-state index in [1.165, 1.54) is 32.8 Å². The van der Waals surface area contributed by atoms with Crippen molar-refractivity contribution in [1.29, 1.82) is 0 Å². The second-order valence-electron chi connectivity index (χ2n) is 8.73. The molecule has 2 heterocycles. The van der Waals surface area contributed by atoms with Crippen LogP contribution in [0.1, 0.15) is 67.0 Å². The summed E-state index contributed by atoms with van der Waals surface area (Å²) < 4.78 is 6.42. The molecule has 1 aliphatic heterocycles. The molecule has 0 unspecified atom stereocenters. The number of methoxy groups -OCH3 is 1. The zero-order chi connectivity index (χ0) is 22.5. The third kappa shape index (κ3) is 5.48. The number of likely N-dealkylation sites (tertiary alicyclic amines) is 1. The summed E-state index contributed by atoms with van der Waals surface area (Å²) in [4.78, 5) is 27.3. The number of carbonyl (C=O) groups excluding carboxylic acids is 2. The predicted octanol–water partition coefficient (Wildman–Crippen LogP) is 3.37. The van der Waals surface area contributed by atoms with Crippen molar-refractivity contribution in [1.82, 2.24) is 25.2 Å². The first-order chi connectivity index (χ1) is 15.5. The Bertz CT molecular complexity index is 924. The first-order valence-corrected chi connectivity index (χ1v) is 11.7.